The molecule has 142 valence electrons. The summed E-state index contributed by atoms with van der Waals surface area (Å²) in [6.07, 6.45) is 0. The highest BCUT2D eigenvalue weighted by Crippen LogP contribution is 2.31. The number of rotatable bonds is 3. The number of fused-ring (bicyclic) bond motifs is 2. The molecule has 3 aromatic heterocycles. The molecule has 1 amide bonds. The molecule has 0 spiro atoms. The Kier molecular flexibility index (Phi) is 3.87. The van der Waals surface area contributed by atoms with Gasteiger partial charge in [-0.2, -0.15) is 0 Å². The second kappa shape index (κ2) is 6.56. The Bertz CT molecular complexity index is 1370. The summed E-state index contributed by atoms with van der Waals surface area (Å²) < 4.78 is 7.29. The number of carbonyl (C=O) groups is 1. The lowest BCUT2D eigenvalue weighted by Gasteiger charge is -2.07. The maximum atomic E-state index is 13.2. The molecule has 7 nitrogen and oxygen atoms in total. The number of benzene rings is 2. The van der Waals surface area contributed by atoms with Crippen LogP contribution in [0, 0.1) is 6.92 Å². The van der Waals surface area contributed by atoms with Crippen molar-refractivity contribution in [3.05, 3.63) is 71.9 Å². The molecule has 0 saturated heterocycles. The molecule has 0 atom stereocenters. The van der Waals surface area contributed by atoms with Gasteiger partial charge in [-0.3, -0.25) is 10.1 Å². The summed E-state index contributed by atoms with van der Waals surface area (Å²) in [6.45, 7) is 1.82. The molecule has 2 aromatic carbocycles. The van der Waals surface area contributed by atoms with Gasteiger partial charge < -0.3 is 9.09 Å². The van der Waals surface area contributed by atoms with E-state index in [9.17, 15) is 4.79 Å². The van der Waals surface area contributed by atoms with E-state index in [2.05, 4.69) is 20.4 Å². The lowest BCUT2D eigenvalue weighted by molar-refractivity contribution is 0.102. The van der Waals surface area contributed by atoms with E-state index in [1.165, 1.54) is 0 Å². The van der Waals surface area contributed by atoms with Gasteiger partial charge in [-0.05, 0) is 25.1 Å². The summed E-state index contributed by atoms with van der Waals surface area (Å²) in [5.74, 6) is 0.177. The monoisotopic (exact) mass is 383 g/mol. The Hall–Kier alpha value is -4.00. The van der Waals surface area contributed by atoms with Crippen molar-refractivity contribution in [1.29, 1.82) is 0 Å². The molecule has 0 aliphatic heterocycles. The van der Waals surface area contributed by atoms with Crippen LogP contribution in [-0.2, 0) is 7.05 Å². The van der Waals surface area contributed by atoms with E-state index < -0.39 is 0 Å². The van der Waals surface area contributed by atoms with Gasteiger partial charge in [0.2, 0.25) is 5.95 Å². The maximum absolute atomic E-state index is 13.2. The van der Waals surface area contributed by atoms with E-state index in [0.29, 0.717) is 34.0 Å². The highest BCUT2D eigenvalue weighted by molar-refractivity contribution is 6.14. The van der Waals surface area contributed by atoms with Gasteiger partial charge in [0.15, 0.2) is 0 Å². The minimum absolute atomic E-state index is 0.292. The number of para-hydroxylation sites is 2. The average molecular weight is 383 g/mol. The summed E-state index contributed by atoms with van der Waals surface area (Å²) in [6, 6.07) is 19.1. The normalized spacial score (nSPS) is 11.2. The largest absolute Gasteiger partial charge is 0.335 e. The summed E-state index contributed by atoms with van der Waals surface area (Å²) in [7, 11) is 1.87. The molecule has 29 heavy (non-hydrogen) atoms. The van der Waals surface area contributed by atoms with Crippen molar-refractivity contribution in [2.45, 2.75) is 6.92 Å². The Balaban J connectivity index is 1.63. The molecule has 5 aromatic rings. The van der Waals surface area contributed by atoms with E-state index >= 15 is 0 Å². The minimum Gasteiger partial charge on any atom is -0.335 e. The smallest absolute Gasteiger partial charge is 0.259 e. The number of aromatic nitrogens is 4. The highest BCUT2D eigenvalue weighted by Gasteiger charge is 2.22. The third-order valence-corrected chi connectivity index (χ3v) is 4.88. The third kappa shape index (κ3) is 2.84. The fourth-order valence-electron chi connectivity index (χ4n) is 3.47. The average Bonchev–Trinajstić information content (AvgIpc) is 3.29. The molecular weight excluding hydrogens is 366 g/mol. The molecule has 0 aliphatic rings. The van der Waals surface area contributed by atoms with Crippen molar-refractivity contribution in [1.82, 2.24) is 19.7 Å². The Morgan fingerprint density at radius 1 is 1.03 bits per heavy atom. The summed E-state index contributed by atoms with van der Waals surface area (Å²) >= 11 is 0. The summed E-state index contributed by atoms with van der Waals surface area (Å²) in [4.78, 5) is 22.1. The van der Waals surface area contributed by atoms with Crippen LogP contribution in [0.25, 0.3) is 33.4 Å². The maximum Gasteiger partial charge on any atom is 0.259 e. The second-order valence-electron chi connectivity index (χ2n) is 6.83. The quantitative estimate of drug-likeness (QED) is 0.501. The predicted octanol–water partition coefficient (Wildman–Crippen LogP) is 4.34. The zero-order valence-corrected chi connectivity index (χ0v) is 15.9. The van der Waals surface area contributed by atoms with Gasteiger partial charge in [-0.1, -0.05) is 47.6 Å². The van der Waals surface area contributed by atoms with Crippen LogP contribution in [0.2, 0.25) is 0 Å². The first-order valence-corrected chi connectivity index (χ1v) is 9.17. The van der Waals surface area contributed by atoms with Crippen LogP contribution in [0.4, 0.5) is 5.95 Å². The van der Waals surface area contributed by atoms with Gasteiger partial charge in [-0.15, -0.1) is 0 Å². The van der Waals surface area contributed by atoms with Gasteiger partial charge in [0.25, 0.3) is 11.6 Å². The van der Waals surface area contributed by atoms with Crippen LogP contribution in [0.1, 0.15) is 16.1 Å². The fourth-order valence-corrected chi connectivity index (χ4v) is 3.47. The van der Waals surface area contributed by atoms with E-state index in [0.717, 1.165) is 16.6 Å². The molecule has 0 radical (unpaired) electrons. The standard InChI is InChI=1S/C22H17N5O2/c1-13-12-15(18-19(26-29-21(18)23-13)14-8-4-3-5-9-14)20(28)25-22-24-16-10-6-7-11-17(16)27(22)2/h3-12H,1-2H3,(H,24,25,28). The van der Waals surface area contributed by atoms with Gasteiger partial charge >= 0.3 is 0 Å². The van der Waals surface area contributed by atoms with Gasteiger partial charge in [-0.25, -0.2) is 9.97 Å². The zero-order valence-electron chi connectivity index (χ0n) is 15.9. The summed E-state index contributed by atoms with van der Waals surface area (Å²) in [5.41, 5.74) is 4.64. The van der Waals surface area contributed by atoms with E-state index in [4.69, 9.17) is 4.52 Å². The van der Waals surface area contributed by atoms with E-state index in [-0.39, 0.29) is 5.91 Å². The SMILES string of the molecule is Cc1cc(C(=O)Nc2nc3ccccc3n2C)c2c(-c3ccccc3)noc2n1. The Morgan fingerprint density at radius 3 is 2.59 bits per heavy atom. The number of pyridine rings is 1. The fraction of sp³-hybridized carbons (Fsp3) is 0.0909. The molecule has 0 saturated carbocycles. The number of imidazole rings is 1. The highest BCUT2D eigenvalue weighted by atomic mass is 16.5. The van der Waals surface area contributed by atoms with Crippen LogP contribution in [-0.4, -0.2) is 25.6 Å². The number of carbonyl (C=O) groups excluding carboxylic acids is 1. The molecular formula is C22H17N5O2. The molecule has 0 fully saturated rings. The predicted molar refractivity (Wildman–Crippen MR) is 111 cm³/mol. The Labute approximate surface area is 166 Å². The number of aryl methyl sites for hydroxylation is 2. The zero-order chi connectivity index (χ0) is 20.0. The van der Waals surface area contributed by atoms with Crippen LogP contribution in [0.3, 0.4) is 0 Å². The first-order valence-electron chi connectivity index (χ1n) is 9.17. The molecule has 3 heterocycles. The third-order valence-electron chi connectivity index (χ3n) is 4.88. The summed E-state index contributed by atoms with van der Waals surface area (Å²) in [5, 5.41) is 7.67. The van der Waals surface area contributed by atoms with Gasteiger partial charge in [0.1, 0.15) is 5.69 Å². The lowest BCUT2D eigenvalue weighted by atomic mass is 10.0. The van der Waals surface area contributed by atoms with Crippen molar-refractivity contribution < 1.29 is 9.32 Å². The van der Waals surface area contributed by atoms with E-state index in [1.54, 1.807) is 6.07 Å². The van der Waals surface area contributed by atoms with E-state index in [1.807, 2.05) is 73.1 Å². The lowest BCUT2D eigenvalue weighted by Crippen LogP contribution is -2.16. The molecule has 7 heteroatoms. The topological polar surface area (TPSA) is 85.8 Å². The second-order valence-corrected chi connectivity index (χ2v) is 6.83. The van der Waals surface area contributed by atoms with Crippen molar-refractivity contribution in [2.24, 2.45) is 7.05 Å². The van der Waals surface area contributed by atoms with Crippen LogP contribution in [0.5, 0.6) is 0 Å². The molecule has 0 aliphatic carbocycles. The number of hydrogen-bond donors (Lipinski definition) is 1. The van der Waals surface area contributed by atoms with Crippen LogP contribution < -0.4 is 5.32 Å². The first-order chi connectivity index (χ1) is 14.1. The van der Waals surface area contributed by atoms with Gasteiger partial charge in [0.05, 0.1) is 22.0 Å². The Morgan fingerprint density at radius 2 is 1.79 bits per heavy atom. The number of nitrogens with one attached hydrogen (secondary N) is 1. The van der Waals surface area contributed by atoms with Crippen LogP contribution in [0.15, 0.2) is 65.2 Å². The molecule has 0 bridgehead atoms. The van der Waals surface area contributed by atoms with Crippen molar-refractivity contribution in [3.63, 3.8) is 0 Å². The number of nitrogens with zero attached hydrogens (tertiary/aromatic N) is 4. The first kappa shape index (κ1) is 17.1. The minimum atomic E-state index is -0.292. The molecule has 0 unspecified atom stereocenters. The van der Waals surface area contributed by atoms with Gasteiger partial charge in [0, 0.05) is 18.3 Å². The molecule has 1 N–H and O–H groups in total. The number of anilines is 1. The molecule has 5 rings (SSSR count). The van der Waals surface area contributed by atoms with Crippen molar-refractivity contribution in [3.8, 4) is 11.3 Å². The van der Waals surface area contributed by atoms with Crippen molar-refractivity contribution >= 4 is 34.0 Å². The van der Waals surface area contributed by atoms with Crippen molar-refractivity contribution in [2.75, 3.05) is 5.32 Å². The number of hydrogen-bond acceptors (Lipinski definition) is 5. The van der Waals surface area contributed by atoms with Crippen LogP contribution >= 0.6 is 0 Å². The number of amides is 1.